The molecule has 2 aromatic heterocycles. The van der Waals surface area contributed by atoms with E-state index >= 15 is 0 Å². The first-order valence-corrected chi connectivity index (χ1v) is 9.43. The molecule has 3 nitrogen and oxygen atoms in total. The van der Waals surface area contributed by atoms with Crippen LogP contribution in [0.5, 0.6) is 5.75 Å². The monoisotopic (exact) mass is 346 g/mol. The second kappa shape index (κ2) is 5.46. The lowest BCUT2D eigenvalue weighted by Gasteiger charge is -2.12. The quantitative estimate of drug-likeness (QED) is 0.472. The second-order valence-electron chi connectivity index (χ2n) is 6.81. The van der Waals surface area contributed by atoms with Gasteiger partial charge in [-0.15, -0.1) is 11.3 Å². The van der Waals surface area contributed by atoms with E-state index in [0.29, 0.717) is 0 Å². The molecule has 0 saturated heterocycles. The van der Waals surface area contributed by atoms with Crippen molar-refractivity contribution in [1.82, 2.24) is 4.98 Å². The Hall–Kier alpha value is -2.59. The molecule has 0 bridgehead atoms. The van der Waals surface area contributed by atoms with Crippen molar-refractivity contribution >= 4 is 43.7 Å². The van der Waals surface area contributed by atoms with Gasteiger partial charge in [-0.05, 0) is 71.8 Å². The van der Waals surface area contributed by atoms with Crippen molar-refractivity contribution in [2.24, 2.45) is 0 Å². The van der Waals surface area contributed by atoms with Crippen LogP contribution in [0.3, 0.4) is 0 Å². The summed E-state index contributed by atoms with van der Waals surface area (Å²) in [5.74, 6) is 1.02. The van der Waals surface area contributed by atoms with Crippen LogP contribution in [-0.4, -0.2) is 10.1 Å². The summed E-state index contributed by atoms with van der Waals surface area (Å²) in [6.07, 6.45) is 4.48. The lowest BCUT2D eigenvalue weighted by Crippen LogP contribution is -1.95. The fraction of sp³-hybridized carbons (Fsp3) is 0.190. The third-order valence-corrected chi connectivity index (χ3v) is 5.94. The van der Waals surface area contributed by atoms with Gasteiger partial charge in [0.15, 0.2) is 0 Å². The molecule has 4 aromatic rings. The molecule has 1 saturated carbocycles. The number of thiophene rings is 1. The van der Waals surface area contributed by atoms with Crippen LogP contribution in [-0.2, 0) is 0 Å². The Kier molecular flexibility index (Phi) is 3.22. The number of fused-ring (bicyclic) bond motifs is 2. The molecule has 0 spiro atoms. The number of rotatable bonds is 3. The molecule has 0 atom stereocenters. The molecule has 0 amide bonds. The molecule has 2 heterocycles. The number of aromatic nitrogens is 1. The van der Waals surface area contributed by atoms with Crippen molar-refractivity contribution < 1.29 is 5.11 Å². The highest BCUT2D eigenvalue weighted by Crippen LogP contribution is 2.46. The minimum Gasteiger partial charge on any atom is -0.508 e. The summed E-state index contributed by atoms with van der Waals surface area (Å²) in [6.45, 7) is 2.03. The number of phenols is 1. The lowest BCUT2D eigenvalue weighted by atomic mass is 10.1. The van der Waals surface area contributed by atoms with Crippen LogP contribution in [0.2, 0.25) is 0 Å². The zero-order valence-electron chi connectivity index (χ0n) is 13.9. The highest BCUT2D eigenvalue weighted by molar-refractivity contribution is 7.17. The lowest BCUT2D eigenvalue weighted by molar-refractivity contribution is 0.475. The van der Waals surface area contributed by atoms with Crippen LogP contribution >= 0.6 is 11.3 Å². The van der Waals surface area contributed by atoms with Crippen LogP contribution in [0, 0.1) is 6.92 Å². The number of pyridine rings is 1. The van der Waals surface area contributed by atoms with E-state index in [0.717, 1.165) is 33.8 Å². The van der Waals surface area contributed by atoms with Gasteiger partial charge in [-0.25, -0.2) is 0 Å². The molecule has 0 unspecified atom stereocenters. The summed E-state index contributed by atoms with van der Waals surface area (Å²) in [6, 6.07) is 11.9. The maximum Gasteiger partial charge on any atom is 0.117 e. The second-order valence-corrected chi connectivity index (χ2v) is 7.72. The molecule has 25 heavy (non-hydrogen) atoms. The number of anilines is 2. The molecule has 1 fully saturated rings. The Morgan fingerprint density at radius 3 is 2.80 bits per heavy atom. The summed E-state index contributed by atoms with van der Waals surface area (Å²) in [5.41, 5.74) is 5.52. The minimum absolute atomic E-state index is 0.265. The van der Waals surface area contributed by atoms with E-state index in [-0.39, 0.29) is 5.75 Å². The first kappa shape index (κ1) is 14.7. The summed E-state index contributed by atoms with van der Waals surface area (Å²) in [7, 11) is 0. The molecular formula is C21H18N2OS. The van der Waals surface area contributed by atoms with Gasteiger partial charge < -0.3 is 10.4 Å². The van der Waals surface area contributed by atoms with Crippen molar-refractivity contribution in [3.05, 3.63) is 59.1 Å². The molecule has 1 aliphatic carbocycles. The van der Waals surface area contributed by atoms with Crippen molar-refractivity contribution in [3.63, 3.8) is 0 Å². The first-order valence-electron chi connectivity index (χ1n) is 8.55. The zero-order valence-corrected chi connectivity index (χ0v) is 14.7. The maximum absolute atomic E-state index is 9.78. The Balaban J connectivity index is 1.65. The molecule has 124 valence electrons. The Morgan fingerprint density at radius 1 is 1.08 bits per heavy atom. The third-order valence-electron chi connectivity index (χ3n) is 4.97. The number of nitrogens with one attached hydrogen (secondary N) is 1. The van der Waals surface area contributed by atoms with Gasteiger partial charge in [0.1, 0.15) is 5.75 Å². The zero-order chi connectivity index (χ0) is 17.0. The number of benzene rings is 2. The average molecular weight is 346 g/mol. The highest BCUT2D eigenvalue weighted by atomic mass is 32.1. The van der Waals surface area contributed by atoms with E-state index in [2.05, 4.69) is 27.8 Å². The van der Waals surface area contributed by atoms with Gasteiger partial charge >= 0.3 is 0 Å². The normalized spacial score (nSPS) is 14.3. The molecule has 0 radical (unpaired) electrons. The maximum atomic E-state index is 9.78. The number of nitrogens with zero attached hydrogens (tertiary/aromatic N) is 1. The fourth-order valence-electron chi connectivity index (χ4n) is 3.40. The number of aryl methyl sites for hydroxylation is 1. The molecule has 4 heteroatoms. The van der Waals surface area contributed by atoms with Crippen molar-refractivity contribution in [2.75, 3.05) is 5.32 Å². The molecular weight excluding hydrogens is 328 g/mol. The predicted molar refractivity (Wildman–Crippen MR) is 105 cm³/mol. The van der Waals surface area contributed by atoms with Gasteiger partial charge in [0.25, 0.3) is 0 Å². The fourth-order valence-corrected chi connectivity index (χ4v) is 4.46. The van der Waals surface area contributed by atoms with Gasteiger partial charge in [0.05, 0.1) is 5.52 Å². The summed E-state index contributed by atoms with van der Waals surface area (Å²) in [5, 5.41) is 18.0. The number of hydrogen-bond donors (Lipinski definition) is 2. The summed E-state index contributed by atoms with van der Waals surface area (Å²) < 4.78 is 1.32. The van der Waals surface area contributed by atoms with Gasteiger partial charge in [-0.3, -0.25) is 4.98 Å². The largest absolute Gasteiger partial charge is 0.508 e. The van der Waals surface area contributed by atoms with Gasteiger partial charge in [0, 0.05) is 33.7 Å². The Labute approximate surface area is 150 Å². The van der Waals surface area contributed by atoms with E-state index in [1.54, 1.807) is 12.1 Å². The SMILES string of the molecule is Cc1ccc(O)cc1Nc1ccnc2cc3c(C4CC4)csc3cc12. The van der Waals surface area contributed by atoms with Crippen molar-refractivity contribution in [1.29, 1.82) is 0 Å². The van der Waals surface area contributed by atoms with E-state index < -0.39 is 0 Å². The van der Waals surface area contributed by atoms with Gasteiger partial charge in [-0.2, -0.15) is 0 Å². The summed E-state index contributed by atoms with van der Waals surface area (Å²) >= 11 is 1.82. The highest BCUT2D eigenvalue weighted by Gasteiger charge is 2.26. The Bertz CT molecular complexity index is 1110. The number of aromatic hydroxyl groups is 1. The van der Waals surface area contributed by atoms with E-state index in [1.807, 2.05) is 36.6 Å². The molecule has 5 rings (SSSR count). The first-order chi connectivity index (χ1) is 12.2. The van der Waals surface area contributed by atoms with Crippen LogP contribution in [0.25, 0.3) is 21.0 Å². The number of hydrogen-bond acceptors (Lipinski definition) is 4. The molecule has 1 aliphatic rings. The van der Waals surface area contributed by atoms with E-state index in [1.165, 1.54) is 28.5 Å². The van der Waals surface area contributed by atoms with E-state index in [9.17, 15) is 5.11 Å². The number of phenolic OH excluding ortho intramolecular Hbond substituents is 1. The average Bonchev–Trinajstić information content (AvgIpc) is 3.37. The van der Waals surface area contributed by atoms with Crippen LogP contribution in [0.1, 0.15) is 29.9 Å². The van der Waals surface area contributed by atoms with Crippen LogP contribution < -0.4 is 5.32 Å². The molecule has 2 aromatic carbocycles. The Morgan fingerprint density at radius 2 is 1.96 bits per heavy atom. The third kappa shape index (κ3) is 2.53. The smallest absolute Gasteiger partial charge is 0.117 e. The van der Waals surface area contributed by atoms with Gasteiger partial charge in [-0.1, -0.05) is 6.07 Å². The van der Waals surface area contributed by atoms with E-state index in [4.69, 9.17) is 0 Å². The molecule has 2 N–H and O–H groups in total. The van der Waals surface area contributed by atoms with Crippen molar-refractivity contribution in [2.45, 2.75) is 25.7 Å². The van der Waals surface area contributed by atoms with Crippen molar-refractivity contribution in [3.8, 4) is 5.75 Å². The standard InChI is InChI=1S/C21H18N2OS/c1-12-2-5-14(24)8-19(12)23-18-6-7-22-20-9-15-17(13-3-4-13)11-25-21(15)10-16(18)20/h2,5-11,13,24H,3-4H2,1H3,(H,22,23). The topological polar surface area (TPSA) is 45.1 Å². The van der Waals surface area contributed by atoms with Crippen LogP contribution in [0.15, 0.2) is 48.0 Å². The predicted octanol–water partition coefficient (Wildman–Crippen LogP) is 6.08. The summed E-state index contributed by atoms with van der Waals surface area (Å²) in [4.78, 5) is 4.59. The molecule has 0 aliphatic heterocycles. The van der Waals surface area contributed by atoms with Gasteiger partial charge in [0.2, 0.25) is 0 Å². The van der Waals surface area contributed by atoms with Crippen LogP contribution in [0.4, 0.5) is 11.4 Å². The minimum atomic E-state index is 0.265.